The molecule has 2 heterocycles. The van der Waals surface area contributed by atoms with Crippen molar-refractivity contribution >= 4 is 17.2 Å². The van der Waals surface area contributed by atoms with Gasteiger partial charge in [0, 0.05) is 18.2 Å². The fourth-order valence-corrected chi connectivity index (χ4v) is 4.40. The SMILES string of the molecule is Cc1nc(-c2ccccc2)sc1-c1ccc(=O)n(CCNC(=O)c2ccccc2C(F)(F)F)n1. The predicted octanol–water partition coefficient (Wildman–Crippen LogP) is 4.79. The van der Waals surface area contributed by atoms with Gasteiger partial charge in [-0.3, -0.25) is 9.59 Å². The number of amides is 1. The van der Waals surface area contributed by atoms with Crippen molar-refractivity contribution in [3.63, 3.8) is 0 Å². The molecule has 0 fully saturated rings. The van der Waals surface area contributed by atoms with E-state index in [1.807, 2.05) is 37.3 Å². The van der Waals surface area contributed by atoms with Gasteiger partial charge in [0.1, 0.15) is 10.7 Å². The van der Waals surface area contributed by atoms with Crippen molar-refractivity contribution in [2.45, 2.75) is 19.6 Å². The molecule has 0 unspecified atom stereocenters. The van der Waals surface area contributed by atoms with E-state index in [-0.39, 0.29) is 18.6 Å². The van der Waals surface area contributed by atoms with Gasteiger partial charge in [0.15, 0.2) is 0 Å². The van der Waals surface area contributed by atoms with Crippen LogP contribution < -0.4 is 10.9 Å². The maximum Gasteiger partial charge on any atom is 0.417 e. The Bertz CT molecular complexity index is 1380. The molecular formula is C24H19F3N4O2S. The molecule has 0 saturated carbocycles. The number of hydrogen-bond donors (Lipinski definition) is 1. The van der Waals surface area contributed by atoms with Crippen molar-refractivity contribution < 1.29 is 18.0 Å². The van der Waals surface area contributed by atoms with E-state index in [1.54, 1.807) is 6.07 Å². The lowest BCUT2D eigenvalue weighted by molar-refractivity contribution is -0.137. The highest BCUT2D eigenvalue weighted by atomic mass is 32.1. The summed E-state index contributed by atoms with van der Waals surface area (Å²) in [5.41, 5.74) is 0.401. The molecule has 2 aromatic carbocycles. The molecule has 34 heavy (non-hydrogen) atoms. The van der Waals surface area contributed by atoms with Crippen LogP contribution in [0.2, 0.25) is 0 Å². The molecule has 2 aromatic heterocycles. The van der Waals surface area contributed by atoms with E-state index in [1.165, 1.54) is 34.2 Å². The molecule has 1 N–H and O–H groups in total. The van der Waals surface area contributed by atoms with Gasteiger partial charge >= 0.3 is 6.18 Å². The topological polar surface area (TPSA) is 76.9 Å². The van der Waals surface area contributed by atoms with Crippen LogP contribution in [0.3, 0.4) is 0 Å². The first-order valence-corrected chi connectivity index (χ1v) is 11.1. The smallest absolute Gasteiger partial charge is 0.350 e. The zero-order valence-corrected chi connectivity index (χ0v) is 18.8. The molecule has 0 aliphatic rings. The number of aryl methyl sites for hydroxylation is 1. The number of benzene rings is 2. The van der Waals surface area contributed by atoms with Gasteiger partial charge in [-0.15, -0.1) is 11.3 Å². The largest absolute Gasteiger partial charge is 0.417 e. The third-order valence-corrected chi connectivity index (χ3v) is 6.23. The number of carbonyl (C=O) groups is 1. The second-order valence-corrected chi connectivity index (χ2v) is 8.38. The first-order chi connectivity index (χ1) is 16.2. The number of nitrogens with zero attached hydrogens (tertiary/aromatic N) is 3. The van der Waals surface area contributed by atoms with Crippen LogP contribution in [-0.2, 0) is 12.7 Å². The van der Waals surface area contributed by atoms with Crippen LogP contribution >= 0.6 is 11.3 Å². The number of halogens is 3. The summed E-state index contributed by atoms with van der Waals surface area (Å²) >= 11 is 1.44. The number of alkyl halides is 3. The number of hydrogen-bond acceptors (Lipinski definition) is 5. The lowest BCUT2D eigenvalue weighted by Gasteiger charge is -2.13. The molecule has 0 atom stereocenters. The molecule has 4 aromatic rings. The number of nitrogens with one attached hydrogen (secondary N) is 1. The van der Waals surface area contributed by atoms with Crippen molar-refractivity contribution in [1.82, 2.24) is 20.1 Å². The van der Waals surface area contributed by atoms with Gasteiger partial charge in [0.05, 0.1) is 28.2 Å². The van der Waals surface area contributed by atoms with Gasteiger partial charge in [-0.25, -0.2) is 9.67 Å². The van der Waals surface area contributed by atoms with Crippen LogP contribution in [0, 0.1) is 6.92 Å². The average Bonchev–Trinajstić information content (AvgIpc) is 3.22. The van der Waals surface area contributed by atoms with Crippen LogP contribution in [0.15, 0.2) is 71.5 Å². The molecule has 0 spiro atoms. The molecule has 0 radical (unpaired) electrons. The fraction of sp³-hybridized carbons (Fsp3) is 0.167. The van der Waals surface area contributed by atoms with Crippen molar-refractivity contribution in [3.05, 3.63) is 93.9 Å². The number of carbonyl (C=O) groups excluding carboxylic acids is 1. The minimum atomic E-state index is -4.65. The van der Waals surface area contributed by atoms with Gasteiger partial charge < -0.3 is 5.32 Å². The summed E-state index contributed by atoms with van der Waals surface area (Å²) in [6.07, 6.45) is -4.65. The van der Waals surface area contributed by atoms with E-state index in [0.717, 1.165) is 33.3 Å². The van der Waals surface area contributed by atoms with Crippen LogP contribution in [0.4, 0.5) is 13.2 Å². The molecule has 0 aliphatic heterocycles. The van der Waals surface area contributed by atoms with Gasteiger partial charge in [0.2, 0.25) is 0 Å². The second-order valence-electron chi connectivity index (χ2n) is 7.38. The van der Waals surface area contributed by atoms with E-state index in [2.05, 4.69) is 15.4 Å². The van der Waals surface area contributed by atoms with E-state index in [0.29, 0.717) is 5.69 Å². The Kier molecular flexibility index (Phi) is 6.60. The first-order valence-electron chi connectivity index (χ1n) is 10.3. The number of rotatable bonds is 6. The Labute approximate surface area is 196 Å². The molecule has 6 nitrogen and oxygen atoms in total. The van der Waals surface area contributed by atoms with Gasteiger partial charge in [-0.2, -0.15) is 18.3 Å². The highest BCUT2D eigenvalue weighted by molar-refractivity contribution is 7.18. The third-order valence-electron chi connectivity index (χ3n) is 5.00. The van der Waals surface area contributed by atoms with Crippen molar-refractivity contribution in [3.8, 4) is 21.1 Å². The Balaban J connectivity index is 1.50. The van der Waals surface area contributed by atoms with Crippen molar-refractivity contribution in [2.24, 2.45) is 0 Å². The lowest BCUT2D eigenvalue weighted by atomic mass is 10.1. The monoisotopic (exact) mass is 484 g/mol. The van der Waals surface area contributed by atoms with Crippen LogP contribution in [0.25, 0.3) is 21.1 Å². The quantitative estimate of drug-likeness (QED) is 0.427. The molecule has 0 saturated heterocycles. The normalized spacial score (nSPS) is 11.4. The van der Waals surface area contributed by atoms with Crippen LogP contribution in [0.1, 0.15) is 21.6 Å². The van der Waals surface area contributed by atoms with Gasteiger partial charge in [-0.1, -0.05) is 42.5 Å². The minimum absolute atomic E-state index is 0.00398. The summed E-state index contributed by atoms with van der Waals surface area (Å²) in [4.78, 5) is 30.0. The Morgan fingerprint density at radius 3 is 2.47 bits per heavy atom. The summed E-state index contributed by atoms with van der Waals surface area (Å²) in [6.45, 7) is 1.78. The molecule has 0 bridgehead atoms. The van der Waals surface area contributed by atoms with Crippen LogP contribution in [-0.4, -0.2) is 27.2 Å². The maximum absolute atomic E-state index is 13.2. The van der Waals surface area contributed by atoms with Gasteiger partial charge in [-0.05, 0) is 25.1 Å². The highest BCUT2D eigenvalue weighted by Gasteiger charge is 2.34. The average molecular weight is 485 g/mol. The molecule has 4 rings (SSSR count). The molecular weight excluding hydrogens is 465 g/mol. The number of thiazole rings is 1. The number of aromatic nitrogens is 3. The third kappa shape index (κ3) is 5.07. The summed E-state index contributed by atoms with van der Waals surface area (Å²) in [7, 11) is 0. The van der Waals surface area contributed by atoms with Gasteiger partial charge in [0.25, 0.3) is 11.5 Å². The molecule has 174 valence electrons. The Morgan fingerprint density at radius 1 is 1.03 bits per heavy atom. The lowest BCUT2D eigenvalue weighted by Crippen LogP contribution is -2.32. The van der Waals surface area contributed by atoms with E-state index in [9.17, 15) is 22.8 Å². The molecule has 0 aliphatic carbocycles. The fourth-order valence-electron chi connectivity index (χ4n) is 3.37. The maximum atomic E-state index is 13.2. The summed E-state index contributed by atoms with van der Waals surface area (Å²) in [5.74, 6) is -0.872. The van der Waals surface area contributed by atoms with Crippen LogP contribution in [0.5, 0.6) is 0 Å². The first kappa shape index (κ1) is 23.4. The van der Waals surface area contributed by atoms with E-state index in [4.69, 9.17) is 0 Å². The Hall–Kier alpha value is -3.79. The minimum Gasteiger partial charge on any atom is -0.350 e. The van der Waals surface area contributed by atoms with E-state index >= 15 is 0 Å². The standard InChI is InChI=1S/C24H19F3N4O2S/c1-15-21(34-23(29-15)16-7-3-2-4-8-16)19-11-12-20(32)31(30-19)14-13-28-22(33)17-9-5-6-10-18(17)24(25,26)27/h2-12H,13-14H2,1H3,(H,28,33). The molecule has 10 heteroatoms. The van der Waals surface area contributed by atoms with Crippen molar-refractivity contribution in [2.75, 3.05) is 6.54 Å². The summed E-state index contributed by atoms with van der Waals surface area (Å²) in [5, 5.41) is 7.64. The zero-order chi connectivity index (χ0) is 24.3. The highest BCUT2D eigenvalue weighted by Crippen LogP contribution is 2.34. The van der Waals surface area contributed by atoms with E-state index < -0.39 is 23.2 Å². The zero-order valence-electron chi connectivity index (χ0n) is 18.0. The Morgan fingerprint density at radius 2 is 1.74 bits per heavy atom. The summed E-state index contributed by atoms with van der Waals surface area (Å²) in [6, 6.07) is 17.2. The second kappa shape index (κ2) is 9.60. The summed E-state index contributed by atoms with van der Waals surface area (Å²) < 4.78 is 40.6. The molecule has 1 amide bonds. The predicted molar refractivity (Wildman–Crippen MR) is 124 cm³/mol. The van der Waals surface area contributed by atoms with Crippen molar-refractivity contribution in [1.29, 1.82) is 0 Å².